The van der Waals surface area contributed by atoms with E-state index in [1.807, 2.05) is 19.1 Å². The van der Waals surface area contributed by atoms with Crippen molar-refractivity contribution in [1.29, 1.82) is 0 Å². The van der Waals surface area contributed by atoms with Crippen LogP contribution >= 0.6 is 0 Å². The highest BCUT2D eigenvalue weighted by Gasteiger charge is 2.11. The fourth-order valence-electron chi connectivity index (χ4n) is 2.05. The van der Waals surface area contributed by atoms with Crippen LogP contribution in [0.3, 0.4) is 0 Å². The van der Waals surface area contributed by atoms with Gasteiger partial charge in [-0.25, -0.2) is 4.39 Å². The van der Waals surface area contributed by atoms with E-state index in [0.29, 0.717) is 22.6 Å². The third-order valence-corrected chi connectivity index (χ3v) is 3.26. The van der Waals surface area contributed by atoms with E-state index in [-0.39, 0.29) is 12.4 Å². The molecule has 21 heavy (non-hydrogen) atoms. The summed E-state index contributed by atoms with van der Waals surface area (Å²) in [7, 11) is 1.49. The van der Waals surface area contributed by atoms with Gasteiger partial charge >= 0.3 is 0 Å². The normalized spacial score (nSPS) is 12.0. The van der Waals surface area contributed by atoms with Crippen molar-refractivity contribution in [2.24, 2.45) is 0 Å². The summed E-state index contributed by atoms with van der Waals surface area (Å²) in [4.78, 5) is 0. The molecule has 1 atom stereocenters. The number of halogens is 1. The van der Waals surface area contributed by atoms with Crippen molar-refractivity contribution in [3.05, 3.63) is 58.9 Å². The Kier molecular flexibility index (Phi) is 4.81. The topological polar surface area (TPSA) is 38.7 Å². The second-order valence-electron chi connectivity index (χ2n) is 4.96. The average Bonchev–Trinajstić information content (AvgIpc) is 2.46. The van der Waals surface area contributed by atoms with Crippen LogP contribution in [0.2, 0.25) is 0 Å². The molecule has 0 aliphatic carbocycles. The molecule has 0 aliphatic rings. The fraction of sp³-hybridized carbons (Fsp3) is 0.294. The van der Waals surface area contributed by atoms with Crippen molar-refractivity contribution in [3.8, 4) is 11.5 Å². The van der Waals surface area contributed by atoms with Gasteiger partial charge in [-0.1, -0.05) is 11.6 Å². The Hall–Kier alpha value is -2.07. The minimum Gasteiger partial charge on any atom is -0.497 e. The second-order valence-corrected chi connectivity index (χ2v) is 4.96. The molecule has 4 heteroatoms. The summed E-state index contributed by atoms with van der Waals surface area (Å²) in [5.41, 5.74) is 2.17. The number of hydrogen-bond acceptors (Lipinski definition) is 3. The predicted molar refractivity (Wildman–Crippen MR) is 79.1 cm³/mol. The van der Waals surface area contributed by atoms with E-state index < -0.39 is 6.10 Å². The molecule has 0 saturated heterocycles. The Labute approximate surface area is 124 Å². The van der Waals surface area contributed by atoms with Crippen LogP contribution < -0.4 is 9.47 Å². The molecular weight excluding hydrogens is 271 g/mol. The highest BCUT2D eigenvalue weighted by molar-refractivity contribution is 5.38. The lowest BCUT2D eigenvalue weighted by Crippen LogP contribution is -2.03. The number of hydrogen-bond donors (Lipinski definition) is 1. The van der Waals surface area contributed by atoms with E-state index in [1.54, 1.807) is 25.1 Å². The Bertz CT molecular complexity index is 623. The lowest BCUT2D eigenvalue weighted by molar-refractivity contribution is 0.189. The molecule has 0 spiro atoms. The SMILES string of the molecule is COc1ccc(COc2ccc(C)cc2[C@H](C)O)c(F)c1. The molecule has 0 bridgehead atoms. The van der Waals surface area contributed by atoms with Crippen molar-refractivity contribution in [1.82, 2.24) is 0 Å². The first-order valence-electron chi connectivity index (χ1n) is 6.75. The zero-order valence-electron chi connectivity index (χ0n) is 12.4. The highest BCUT2D eigenvalue weighted by Crippen LogP contribution is 2.27. The van der Waals surface area contributed by atoms with Crippen LogP contribution in [-0.2, 0) is 6.61 Å². The summed E-state index contributed by atoms with van der Waals surface area (Å²) < 4.78 is 24.5. The first-order chi connectivity index (χ1) is 10.0. The van der Waals surface area contributed by atoms with E-state index in [9.17, 15) is 9.50 Å². The molecular formula is C17H19FO3. The minimum absolute atomic E-state index is 0.0958. The quantitative estimate of drug-likeness (QED) is 0.911. The van der Waals surface area contributed by atoms with Crippen LogP contribution in [0.15, 0.2) is 36.4 Å². The number of benzene rings is 2. The molecule has 0 unspecified atom stereocenters. The fourth-order valence-corrected chi connectivity index (χ4v) is 2.05. The largest absolute Gasteiger partial charge is 0.497 e. The van der Waals surface area contributed by atoms with Gasteiger partial charge < -0.3 is 14.6 Å². The number of ether oxygens (including phenoxy) is 2. The van der Waals surface area contributed by atoms with Crippen molar-refractivity contribution < 1.29 is 19.0 Å². The van der Waals surface area contributed by atoms with Gasteiger partial charge in [0.2, 0.25) is 0 Å². The number of methoxy groups -OCH3 is 1. The van der Waals surface area contributed by atoms with Crippen molar-refractivity contribution >= 4 is 0 Å². The molecule has 1 N–H and O–H groups in total. The smallest absolute Gasteiger partial charge is 0.133 e. The molecule has 2 rings (SSSR count). The first-order valence-corrected chi connectivity index (χ1v) is 6.75. The van der Waals surface area contributed by atoms with Gasteiger partial charge in [0, 0.05) is 17.2 Å². The molecule has 0 aliphatic heterocycles. The van der Waals surface area contributed by atoms with Gasteiger partial charge in [-0.3, -0.25) is 0 Å². The molecule has 3 nitrogen and oxygen atoms in total. The second kappa shape index (κ2) is 6.59. The lowest BCUT2D eigenvalue weighted by Gasteiger charge is -2.15. The number of rotatable bonds is 5. The number of aliphatic hydroxyl groups excluding tert-OH is 1. The summed E-state index contributed by atoms with van der Waals surface area (Å²) in [5, 5.41) is 9.78. The summed E-state index contributed by atoms with van der Waals surface area (Å²) in [6, 6.07) is 10.2. The summed E-state index contributed by atoms with van der Waals surface area (Å²) in [6.07, 6.45) is -0.638. The van der Waals surface area contributed by atoms with Crippen molar-refractivity contribution in [3.63, 3.8) is 0 Å². The molecule has 0 fully saturated rings. The van der Waals surface area contributed by atoms with Crippen LogP contribution in [0.5, 0.6) is 11.5 Å². The van der Waals surface area contributed by atoms with Gasteiger partial charge in [-0.15, -0.1) is 0 Å². The van der Waals surface area contributed by atoms with E-state index >= 15 is 0 Å². The first kappa shape index (κ1) is 15.3. The molecule has 112 valence electrons. The van der Waals surface area contributed by atoms with Crippen LogP contribution in [0.1, 0.15) is 29.7 Å². The standard InChI is InChI=1S/C17H19FO3/c1-11-4-7-17(15(8-11)12(2)19)21-10-13-5-6-14(20-3)9-16(13)18/h4-9,12,19H,10H2,1-3H3/t12-/m0/s1. The molecule has 0 heterocycles. The van der Waals surface area contributed by atoms with Gasteiger partial charge in [-0.05, 0) is 38.1 Å². The average molecular weight is 290 g/mol. The summed E-state index contributed by atoms with van der Waals surface area (Å²) in [6.45, 7) is 3.72. The summed E-state index contributed by atoms with van der Waals surface area (Å²) in [5.74, 6) is 0.655. The van der Waals surface area contributed by atoms with Crippen LogP contribution in [-0.4, -0.2) is 12.2 Å². The van der Waals surface area contributed by atoms with E-state index in [2.05, 4.69) is 0 Å². The Morgan fingerprint density at radius 1 is 1.19 bits per heavy atom. The minimum atomic E-state index is -0.638. The maximum absolute atomic E-state index is 13.9. The third-order valence-electron chi connectivity index (χ3n) is 3.26. The Balaban J connectivity index is 2.16. The maximum Gasteiger partial charge on any atom is 0.133 e. The molecule has 2 aromatic carbocycles. The lowest BCUT2D eigenvalue weighted by atomic mass is 10.1. The van der Waals surface area contributed by atoms with Crippen molar-refractivity contribution in [2.75, 3.05) is 7.11 Å². The van der Waals surface area contributed by atoms with Gasteiger partial charge in [0.05, 0.1) is 13.2 Å². The predicted octanol–water partition coefficient (Wildman–Crippen LogP) is 3.78. The van der Waals surface area contributed by atoms with Gasteiger partial charge in [0.25, 0.3) is 0 Å². The Morgan fingerprint density at radius 3 is 2.57 bits per heavy atom. The highest BCUT2D eigenvalue weighted by atomic mass is 19.1. The zero-order valence-corrected chi connectivity index (χ0v) is 12.4. The molecule has 2 aromatic rings. The third kappa shape index (κ3) is 3.73. The molecule has 0 saturated carbocycles. The number of aliphatic hydroxyl groups is 1. The van der Waals surface area contributed by atoms with Crippen molar-refractivity contribution in [2.45, 2.75) is 26.6 Å². The van der Waals surface area contributed by atoms with Gasteiger partial charge in [0.15, 0.2) is 0 Å². The maximum atomic E-state index is 13.9. The number of aryl methyl sites for hydroxylation is 1. The molecule has 0 radical (unpaired) electrons. The van der Waals surface area contributed by atoms with E-state index in [1.165, 1.54) is 13.2 Å². The van der Waals surface area contributed by atoms with E-state index in [0.717, 1.165) is 5.56 Å². The van der Waals surface area contributed by atoms with Crippen LogP contribution in [0.4, 0.5) is 4.39 Å². The monoisotopic (exact) mass is 290 g/mol. The molecule has 0 aromatic heterocycles. The summed E-state index contributed by atoms with van der Waals surface area (Å²) >= 11 is 0. The van der Waals surface area contributed by atoms with Gasteiger partial charge in [0.1, 0.15) is 23.9 Å². The zero-order chi connectivity index (χ0) is 15.4. The van der Waals surface area contributed by atoms with Gasteiger partial charge in [-0.2, -0.15) is 0 Å². The molecule has 0 amide bonds. The van der Waals surface area contributed by atoms with Crippen LogP contribution in [0.25, 0.3) is 0 Å². The van der Waals surface area contributed by atoms with Crippen LogP contribution in [0, 0.1) is 12.7 Å². The van der Waals surface area contributed by atoms with E-state index in [4.69, 9.17) is 9.47 Å². The Morgan fingerprint density at radius 2 is 1.95 bits per heavy atom.